The van der Waals surface area contributed by atoms with E-state index in [0.29, 0.717) is 31.7 Å². The highest BCUT2D eigenvalue weighted by Crippen LogP contribution is 2.35. The number of amides is 2. The molecule has 2 fully saturated rings. The van der Waals surface area contributed by atoms with Gasteiger partial charge in [-0.2, -0.15) is 0 Å². The number of piperidine rings is 1. The summed E-state index contributed by atoms with van der Waals surface area (Å²) >= 11 is 0. The molecule has 34 heavy (non-hydrogen) atoms. The maximum absolute atomic E-state index is 13.6. The number of hydrogen-bond donors (Lipinski definition) is 1. The highest BCUT2D eigenvalue weighted by atomic mass is 16.2. The number of carbonyl (C=O) groups excluding carboxylic acids is 2. The van der Waals surface area contributed by atoms with Crippen LogP contribution in [0.25, 0.3) is 0 Å². The Kier molecular flexibility index (Phi) is 7.99. The molecule has 2 amide bonds. The number of likely N-dealkylation sites (tertiary alicyclic amines) is 1. The summed E-state index contributed by atoms with van der Waals surface area (Å²) in [6.45, 7) is 7.33. The van der Waals surface area contributed by atoms with E-state index in [1.165, 1.54) is 5.56 Å². The number of aromatic nitrogens is 1. The van der Waals surface area contributed by atoms with Crippen molar-refractivity contribution in [2.75, 3.05) is 19.6 Å². The summed E-state index contributed by atoms with van der Waals surface area (Å²) in [6, 6.07) is 14.1. The molecule has 2 aliphatic heterocycles. The SMILES string of the molecule is CC(C)C[C@@H]1NC(=O)C2(CCN(CCCCc3ccccc3)CC2)N(Cc2cccnc2)C1=O. The molecule has 1 aromatic carbocycles. The van der Waals surface area contributed by atoms with Crippen molar-refractivity contribution in [3.05, 3.63) is 66.0 Å². The van der Waals surface area contributed by atoms with Crippen LogP contribution in [-0.2, 0) is 22.6 Å². The van der Waals surface area contributed by atoms with Crippen molar-refractivity contribution in [1.82, 2.24) is 20.1 Å². The van der Waals surface area contributed by atoms with Gasteiger partial charge in [0.1, 0.15) is 11.6 Å². The molecule has 4 rings (SSSR count). The van der Waals surface area contributed by atoms with Crippen LogP contribution in [0.15, 0.2) is 54.9 Å². The van der Waals surface area contributed by atoms with Crippen molar-refractivity contribution < 1.29 is 9.59 Å². The number of benzene rings is 1. The lowest BCUT2D eigenvalue weighted by Crippen LogP contribution is -2.72. The molecule has 1 N–H and O–H groups in total. The minimum Gasteiger partial charge on any atom is -0.342 e. The van der Waals surface area contributed by atoms with Crippen LogP contribution in [0.3, 0.4) is 0 Å². The topological polar surface area (TPSA) is 65.5 Å². The fraction of sp³-hybridized carbons (Fsp3) is 0.536. The van der Waals surface area contributed by atoms with Gasteiger partial charge < -0.3 is 15.1 Å². The Bertz CT molecular complexity index is 939. The summed E-state index contributed by atoms with van der Waals surface area (Å²) in [7, 11) is 0. The zero-order chi connectivity index (χ0) is 24.0. The number of piperazine rings is 1. The van der Waals surface area contributed by atoms with Crippen LogP contribution in [-0.4, -0.2) is 57.8 Å². The van der Waals surface area contributed by atoms with Crippen LogP contribution >= 0.6 is 0 Å². The molecule has 6 nitrogen and oxygen atoms in total. The van der Waals surface area contributed by atoms with E-state index >= 15 is 0 Å². The number of rotatable bonds is 9. The Labute approximate surface area is 203 Å². The molecule has 0 saturated carbocycles. The van der Waals surface area contributed by atoms with Crippen molar-refractivity contribution in [2.24, 2.45) is 5.92 Å². The van der Waals surface area contributed by atoms with Gasteiger partial charge >= 0.3 is 0 Å². The number of aryl methyl sites for hydroxylation is 1. The van der Waals surface area contributed by atoms with Crippen molar-refractivity contribution in [1.29, 1.82) is 0 Å². The Morgan fingerprint density at radius 3 is 2.44 bits per heavy atom. The van der Waals surface area contributed by atoms with E-state index in [9.17, 15) is 9.59 Å². The van der Waals surface area contributed by atoms with E-state index in [-0.39, 0.29) is 11.8 Å². The van der Waals surface area contributed by atoms with Gasteiger partial charge in [0.2, 0.25) is 11.8 Å². The molecular weight excluding hydrogens is 424 g/mol. The van der Waals surface area contributed by atoms with Crippen LogP contribution in [0.5, 0.6) is 0 Å². The smallest absolute Gasteiger partial charge is 0.246 e. The first-order valence-electron chi connectivity index (χ1n) is 12.8. The second-order valence-electron chi connectivity index (χ2n) is 10.3. The van der Waals surface area contributed by atoms with Crippen LogP contribution in [0.4, 0.5) is 0 Å². The molecule has 0 unspecified atom stereocenters. The third-order valence-electron chi connectivity index (χ3n) is 7.30. The van der Waals surface area contributed by atoms with Gasteiger partial charge in [-0.3, -0.25) is 14.6 Å². The highest BCUT2D eigenvalue weighted by Gasteiger charge is 2.53. The standard InChI is InChI=1S/C28H38N4O2/c1-22(2)19-25-26(33)32(21-24-12-8-15-29-20-24)28(27(34)30-25)13-17-31(18-14-28)16-7-6-11-23-9-4-3-5-10-23/h3-5,8-10,12,15,20,22,25H,6-7,11,13-14,16-19,21H2,1-2H3,(H,30,34)/t25-/m0/s1. The average Bonchev–Trinajstić information content (AvgIpc) is 2.85. The van der Waals surface area contributed by atoms with Crippen LogP contribution in [0, 0.1) is 5.92 Å². The largest absolute Gasteiger partial charge is 0.342 e. The molecule has 1 aromatic heterocycles. The lowest BCUT2D eigenvalue weighted by atomic mass is 9.80. The summed E-state index contributed by atoms with van der Waals surface area (Å²) in [4.78, 5) is 35.6. The predicted molar refractivity (Wildman–Crippen MR) is 134 cm³/mol. The summed E-state index contributed by atoms with van der Waals surface area (Å²) in [5, 5.41) is 3.09. The second-order valence-corrected chi connectivity index (χ2v) is 10.3. The minimum absolute atomic E-state index is 0.0189. The van der Waals surface area contributed by atoms with Gasteiger partial charge in [-0.05, 0) is 68.2 Å². The molecule has 6 heteroatoms. The quantitative estimate of drug-likeness (QED) is 0.576. The van der Waals surface area contributed by atoms with Crippen LogP contribution in [0.2, 0.25) is 0 Å². The van der Waals surface area contributed by atoms with E-state index in [1.807, 2.05) is 17.0 Å². The van der Waals surface area contributed by atoms with Gasteiger partial charge in [-0.1, -0.05) is 50.2 Å². The number of nitrogens with one attached hydrogen (secondary N) is 1. The molecule has 2 aliphatic rings. The van der Waals surface area contributed by atoms with E-state index in [4.69, 9.17) is 0 Å². The highest BCUT2D eigenvalue weighted by molar-refractivity contribution is 6.00. The van der Waals surface area contributed by atoms with Crippen molar-refractivity contribution >= 4 is 11.8 Å². The van der Waals surface area contributed by atoms with E-state index in [0.717, 1.165) is 44.5 Å². The average molecular weight is 463 g/mol. The Morgan fingerprint density at radius 1 is 1.03 bits per heavy atom. The molecule has 1 atom stereocenters. The molecule has 1 spiro atoms. The molecule has 2 aromatic rings. The molecule has 182 valence electrons. The molecule has 0 radical (unpaired) electrons. The fourth-order valence-corrected chi connectivity index (χ4v) is 5.36. The van der Waals surface area contributed by atoms with Gasteiger partial charge in [-0.15, -0.1) is 0 Å². The zero-order valence-electron chi connectivity index (χ0n) is 20.6. The monoisotopic (exact) mass is 462 g/mol. The first-order chi connectivity index (χ1) is 16.5. The minimum atomic E-state index is -0.763. The van der Waals surface area contributed by atoms with E-state index < -0.39 is 11.6 Å². The number of unbranched alkanes of at least 4 members (excludes halogenated alkanes) is 1. The maximum Gasteiger partial charge on any atom is 0.246 e. The number of carbonyl (C=O) groups is 2. The Balaban J connectivity index is 1.39. The third kappa shape index (κ3) is 5.66. The van der Waals surface area contributed by atoms with Crippen molar-refractivity contribution in [3.63, 3.8) is 0 Å². The van der Waals surface area contributed by atoms with Crippen molar-refractivity contribution in [2.45, 2.75) is 70.5 Å². The molecule has 2 saturated heterocycles. The Morgan fingerprint density at radius 2 is 1.76 bits per heavy atom. The zero-order valence-corrected chi connectivity index (χ0v) is 20.6. The predicted octanol–water partition coefficient (Wildman–Crippen LogP) is 3.81. The number of pyridine rings is 1. The first kappa shape index (κ1) is 24.4. The molecular formula is C28H38N4O2. The summed E-state index contributed by atoms with van der Waals surface area (Å²) in [5.41, 5.74) is 1.59. The normalized spacial score (nSPS) is 20.7. The maximum atomic E-state index is 13.6. The third-order valence-corrected chi connectivity index (χ3v) is 7.30. The summed E-state index contributed by atoms with van der Waals surface area (Å²) in [6.07, 6.45) is 8.96. The van der Waals surface area contributed by atoms with Crippen LogP contribution in [0.1, 0.15) is 57.1 Å². The van der Waals surface area contributed by atoms with E-state index in [2.05, 4.69) is 59.4 Å². The first-order valence-corrected chi connectivity index (χ1v) is 12.8. The molecule has 0 aliphatic carbocycles. The second kappa shape index (κ2) is 11.1. The van der Waals surface area contributed by atoms with Gasteiger partial charge in [0.05, 0.1) is 0 Å². The van der Waals surface area contributed by atoms with Gasteiger partial charge in [-0.25, -0.2) is 0 Å². The van der Waals surface area contributed by atoms with Crippen LogP contribution < -0.4 is 5.32 Å². The number of hydrogen-bond acceptors (Lipinski definition) is 4. The van der Waals surface area contributed by atoms with Gasteiger partial charge in [0.15, 0.2) is 0 Å². The summed E-state index contributed by atoms with van der Waals surface area (Å²) < 4.78 is 0. The lowest BCUT2D eigenvalue weighted by molar-refractivity contribution is -0.162. The van der Waals surface area contributed by atoms with Gasteiger partial charge in [0, 0.05) is 32.0 Å². The lowest BCUT2D eigenvalue weighted by Gasteiger charge is -2.52. The molecule has 0 bridgehead atoms. The fourth-order valence-electron chi connectivity index (χ4n) is 5.36. The van der Waals surface area contributed by atoms with E-state index in [1.54, 1.807) is 12.4 Å². The van der Waals surface area contributed by atoms with Crippen molar-refractivity contribution in [3.8, 4) is 0 Å². The summed E-state index contributed by atoms with van der Waals surface area (Å²) in [5.74, 6) is 0.403. The number of nitrogens with zero attached hydrogens (tertiary/aromatic N) is 3. The van der Waals surface area contributed by atoms with Gasteiger partial charge in [0.25, 0.3) is 0 Å². The Hall–Kier alpha value is -2.73. The molecule has 3 heterocycles.